The molecule has 11 nitrogen and oxygen atoms in total. The molecule has 0 bridgehead atoms. The van der Waals surface area contributed by atoms with Crippen molar-refractivity contribution in [2.24, 2.45) is 0 Å². The number of aliphatic hydroxyl groups is 1. The molecule has 8 aromatic rings. The molecule has 11 heteroatoms. The molecule has 0 heterocycles. The van der Waals surface area contributed by atoms with E-state index in [9.17, 15) is 30.0 Å². The first-order chi connectivity index (χ1) is 33.4. The fourth-order valence-electron chi connectivity index (χ4n) is 6.37. The lowest BCUT2D eigenvalue weighted by Gasteiger charge is -2.05. The molecular formula is C58H58O11. The molecule has 0 aliphatic carbocycles. The van der Waals surface area contributed by atoms with Crippen molar-refractivity contribution in [1.29, 1.82) is 0 Å². The van der Waals surface area contributed by atoms with E-state index in [1.165, 1.54) is 12.1 Å². The molecule has 0 aliphatic heterocycles. The van der Waals surface area contributed by atoms with Crippen LogP contribution in [0.5, 0.6) is 46.0 Å². The van der Waals surface area contributed by atoms with Gasteiger partial charge in [-0.05, 0) is 138 Å². The smallest absolute Gasteiger partial charge is 0.196 e. The molecule has 356 valence electrons. The van der Waals surface area contributed by atoms with Crippen molar-refractivity contribution in [2.45, 2.75) is 19.8 Å². The van der Waals surface area contributed by atoms with Crippen LogP contribution in [-0.4, -0.2) is 72.1 Å². The molecule has 5 N–H and O–H groups in total. The van der Waals surface area contributed by atoms with E-state index in [-0.39, 0.29) is 29.7 Å². The number of methoxy groups -OCH3 is 4. The summed E-state index contributed by atoms with van der Waals surface area (Å²) in [6, 6.07) is 57.1. The molecule has 0 aliphatic rings. The van der Waals surface area contributed by atoms with Crippen LogP contribution in [0.15, 0.2) is 194 Å². The standard InChI is InChI=1S/2C14H12O3.2C14H14O2.C2H6O/c2*1-17-11-8-6-10(7-9-11)14(16)12-4-2-3-5-13(12)15;2*1-16-13-8-6-11(7-9-13)10-12-4-2-3-5-14(12)15;1-2-3/h2*2-9,15H,1H3;2*2-9,15H,10H2,1H3;3H,2H2,1H3. The SMILES string of the molecule is CCO.COc1ccc(C(=O)c2ccccc2O)cc1.COc1ccc(C(=O)c2ccccc2O)cc1.COc1ccc(Cc2ccccc2O)cc1.COc1ccc(Cc2ccccc2O)cc1. The number of hydrogen-bond donors (Lipinski definition) is 5. The summed E-state index contributed by atoms with van der Waals surface area (Å²) in [5.41, 5.74) is 5.83. The van der Waals surface area contributed by atoms with Gasteiger partial charge >= 0.3 is 0 Å². The van der Waals surface area contributed by atoms with Gasteiger partial charge in [0.05, 0.1) is 39.6 Å². The van der Waals surface area contributed by atoms with E-state index in [1.807, 2.05) is 84.9 Å². The van der Waals surface area contributed by atoms with Crippen LogP contribution in [0, 0.1) is 0 Å². The molecule has 69 heavy (non-hydrogen) atoms. The van der Waals surface area contributed by atoms with E-state index in [2.05, 4.69) is 0 Å². The van der Waals surface area contributed by atoms with Crippen molar-refractivity contribution < 1.29 is 54.1 Å². The Kier molecular flexibility index (Phi) is 21.9. The highest BCUT2D eigenvalue weighted by Crippen LogP contribution is 2.25. The van der Waals surface area contributed by atoms with Crippen LogP contribution in [0.4, 0.5) is 0 Å². The third-order valence-corrected chi connectivity index (χ3v) is 10.1. The number of hydrogen-bond acceptors (Lipinski definition) is 11. The zero-order valence-electron chi connectivity index (χ0n) is 39.3. The lowest BCUT2D eigenvalue weighted by molar-refractivity contribution is 0.102. The first-order valence-electron chi connectivity index (χ1n) is 21.8. The third-order valence-electron chi connectivity index (χ3n) is 10.1. The van der Waals surface area contributed by atoms with Gasteiger partial charge in [0, 0.05) is 30.6 Å². The summed E-state index contributed by atoms with van der Waals surface area (Å²) in [5, 5.41) is 46.1. The molecule has 0 spiro atoms. The van der Waals surface area contributed by atoms with Gasteiger partial charge in [-0.2, -0.15) is 0 Å². The highest BCUT2D eigenvalue weighted by Gasteiger charge is 2.14. The molecule has 0 aromatic heterocycles. The zero-order valence-corrected chi connectivity index (χ0v) is 39.3. The normalized spacial score (nSPS) is 9.83. The second-order valence-electron chi connectivity index (χ2n) is 14.8. The van der Waals surface area contributed by atoms with Crippen LogP contribution in [0.2, 0.25) is 0 Å². The maximum absolute atomic E-state index is 12.1. The van der Waals surface area contributed by atoms with Gasteiger partial charge in [0.25, 0.3) is 0 Å². The summed E-state index contributed by atoms with van der Waals surface area (Å²) in [6.07, 6.45) is 1.47. The van der Waals surface area contributed by atoms with Gasteiger partial charge in [0.1, 0.15) is 46.0 Å². The Labute approximate surface area is 403 Å². The average molecular weight is 931 g/mol. The summed E-state index contributed by atoms with van der Waals surface area (Å²) in [7, 11) is 6.44. The van der Waals surface area contributed by atoms with Gasteiger partial charge in [-0.25, -0.2) is 0 Å². The van der Waals surface area contributed by atoms with E-state index < -0.39 is 0 Å². The number of carbonyl (C=O) groups is 2. The van der Waals surface area contributed by atoms with Gasteiger partial charge in [-0.3, -0.25) is 9.59 Å². The number of phenols is 4. The molecule has 0 fully saturated rings. The summed E-state index contributed by atoms with van der Waals surface area (Å²) in [6.45, 7) is 1.93. The Morgan fingerprint density at radius 3 is 0.870 bits per heavy atom. The monoisotopic (exact) mass is 930 g/mol. The van der Waals surface area contributed by atoms with Crippen molar-refractivity contribution in [1.82, 2.24) is 0 Å². The Balaban J connectivity index is 0.000000196. The fraction of sp³-hybridized carbons (Fsp3) is 0.138. The fourth-order valence-corrected chi connectivity index (χ4v) is 6.37. The molecule has 0 saturated heterocycles. The minimum absolute atomic E-state index is 0.00619. The Morgan fingerprint density at radius 2 is 0.609 bits per heavy atom. The van der Waals surface area contributed by atoms with Crippen LogP contribution in [0.3, 0.4) is 0 Å². The summed E-state index contributed by atoms with van der Waals surface area (Å²) in [5.74, 6) is 3.36. The number of rotatable bonds is 12. The number of carbonyl (C=O) groups excluding carboxylic acids is 2. The first-order valence-corrected chi connectivity index (χ1v) is 21.8. The minimum atomic E-state index is -0.203. The highest BCUT2D eigenvalue weighted by molar-refractivity contribution is 6.11. The predicted molar refractivity (Wildman–Crippen MR) is 270 cm³/mol. The Hall–Kier alpha value is -8.54. The van der Waals surface area contributed by atoms with Crippen molar-refractivity contribution in [2.75, 3.05) is 35.0 Å². The number of aliphatic hydroxyl groups excluding tert-OH is 1. The number of aromatic hydroxyl groups is 4. The van der Waals surface area contributed by atoms with E-state index in [4.69, 9.17) is 24.1 Å². The van der Waals surface area contributed by atoms with Gasteiger partial charge in [-0.1, -0.05) is 84.9 Å². The molecule has 8 aromatic carbocycles. The van der Waals surface area contributed by atoms with Gasteiger partial charge in [0.2, 0.25) is 0 Å². The van der Waals surface area contributed by atoms with Crippen LogP contribution < -0.4 is 18.9 Å². The first kappa shape index (κ1) is 53.1. The zero-order chi connectivity index (χ0) is 50.0. The number of para-hydroxylation sites is 4. The second kappa shape index (κ2) is 28.5. The molecule has 0 amide bonds. The van der Waals surface area contributed by atoms with Gasteiger partial charge in [0.15, 0.2) is 11.6 Å². The molecule has 0 saturated carbocycles. The molecular weight excluding hydrogens is 873 g/mol. The quantitative estimate of drug-likeness (QED) is 0.0738. The van der Waals surface area contributed by atoms with Crippen molar-refractivity contribution >= 4 is 11.6 Å². The molecule has 0 radical (unpaired) electrons. The second-order valence-corrected chi connectivity index (χ2v) is 14.8. The number of phenolic OH excluding ortho intramolecular Hbond substituents is 4. The lowest BCUT2D eigenvalue weighted by atomic mass is 10.0. The summed E-state index contributed by atoms with van der Waals surface area (Å²) >= 11 is 0. The molecule has 8 rings (SSSR count). The number of benzene rings is 8. The van der Waals surface area contributed by atoms with Crippen LogP contribution in [0.25, 0.3) is 0 Å². The van der Waals surface area contributed by atoms with E-state index in [1.54, 1.807) is 132 Å². The van der Waals surface area contributed by atoms with Crippen LogP contribution in [0.1, 0.15) is 61.0 Å². The van der Waals surface area contributed by atoms with Crippen molar-refractivity contribution in [3.8, 4) is 46.0 Å². The minimum Gasteiger partial charge on any atom is -0.508 e. The largest absolute Gasteiger partial charge is 0.508 e. The van der Waals surface area contributed by atoms with E-state index >= 15 is 0 Å². The van der Waals surface area contributed by atoms with E-state index in [0.29, 0.717) is 45.3 Å². The molecule has 0 atom stereocenters. The third kappa shape index (κ3) is 17.0. The van der Waals surface area contributed by atoms with Crippen molar-refractivity contribution in [3.63, 3.8) is 0 Å². The topological polar surface area (TPSA) is 172 Å². The number of ether oxygens (including phenoxy) is 4. The summed E-state index contributed by atoms with van der Waals surface area (Å²) in [4.78, 5) is 24.1. The van der Waals surface area contributed by atoms with Gasteiger partial charge in [-0.15, -0.1) is 0 Å². The van der Waals surface area contributed by atoms with E-state index in [0.717, 1.165) is 46.6 Å². The average Bonchev–Trinajstić information content (AvgIpc) is 3.39. The van der Waals surface area contributed by atoms with Crippen LogP contribution in [-0.2, 0) is 12.8 Å². The lowest BCUT2D eigenvalue weighted by Crippen LogP contribution is -2.01. The Bertz CT molecular complexity index is 2580. The maximum Gasteiger partial charge on any atom is 0.196 e. The molecule has 0 unspecified atom stereocenters. The van der Waals surface area contributed by atoms with Crippen molar-refractivity contribution in [3.05, 3.63) is 239 Å². The highest BCUT2D eigenvalue weighted by atomic mass is 16.5. The Morgan fingerprint density at radius 1 is 0.362 bits per heavy atom. The predicted octanol–water partition coefficient (Wildman–Crippen LogP) is 11.2. The van der Waals surface area contributed by atoms with Crippen LogP contribution >= 0.6 is 0 Å². The maximum atomic E-state index is 12.1. The van der Waals surface area contributed by atoms with Gasteiger partial charge < -0.3 is 44.5 Å². The summed E-state index contributed by atoms with van der Waals surface area (Å²) < 4.78 is 20.2. The number of ketones is 2.